The van der Waals surface area contributed by atoms with Crippen LogP contribution in [0, 0.1) is 0 Å². The van der Waals surface area contributed by atoms with Crippen LogP contribution in [0.25, 0.3) is 0 Å². The van der Waals surface area contributed by atoms with Crippen molar-refractivity contribution in [3.05, 3.63) is 47.5 Å². The first-order chi connectivity index (χ1) is 7.20. The van der Waals surface area contributed by atoms with Crippen molar-refractivity contribution in [2.75, 3.05) is 0 Å². The molecule has 0 aromatic heterocycles. The summed E-state index contributed by atoms with van der Waals surface area (Å²) in [6.07, 6.45) is 1.54. The number of ether oxygens (including phenoxy) is 1. The van der Waals surface area contributed by atoms with E-state index in [-0.39, 0.29) is 11.5 Å². The van der Waals surface area contributed by atoms with E-state index in [4.69, 9.17) is 16.3 Å². The topological polar surface area (TPSA) is 21.6 Å². The van der Waals surface area contributed by atoms with Crippen molar-refractivity contribution in [3.63, 3.8) is 0 Å². The van der Waals surface area contributed by atoms with Crippen molar-refractivity contribution in [3.8, 4) is 0 Å². The Labute approximate surface area is 99.0 Å². The van der Waals surface area contributed by atoms with E-state index in [2.05, 4.69) is 24.2 Å². The van der Waals surface area contributed by atoms with Gasteiger partial charge in [-0.05, 0) is 30.3 Å². The average Bonchev–Trinajstić information content (AvgIpc) is 2.61. The highest BCUT2D eigenvalue weighted by Crippen LogP contribution is 2.22. The molecule has 0 saturated heterocycles. The first kappa shape index (κ1) is 10.6. The monoisotopic (exact) mass is 239 g/mol. The smallest absolute Gasteiger partial charge is 0.218 e. The van der Waals surface area contributed by atoms with Gasteiger partial charge < -0.3 is 4.74 Å². The third kappa shape index (κ3) is 2.19. The first-order valence-corrected chi connectivity index (χ1v) is 5.41. The predicted octanol–water partition coefficient (Wildman–Crippen LogP) is 2.93. The normalized spacial score (nSPS) is 24.5. The lowest BCUT2D eigenvalue weighted by Crippen LogP contribution is -2.14. The molecule has 0 unspecified atom stereocenters. The molecule has 2 rings (SSSR count). The Bertz CT molecular complexity index is 402. The van der Waals surface area contributed by atoms with Crippen LogP contribution in [0.15, 0.2) is 41.9 Å². The first-order valence-electron chi connectivity index (χ1n) is 4.52. The Morgan fingerprint density at radius 3 is 2.60 bits per heavy atom. The van der Waals surface area contributed by atoms with Crippen LogP contribution in [0.3, 0.4) is 0 Å². The molecule has 2 atom stereocenters. The van der Waals surface area contributed by atoms with Crippen LogP contribution in [-0.2, 0) is 4.74 Å². The van der Waals surface area contributed by atoms with Crippen molar-refractivity contribution >= 4 is 30.1 Å². The van der Waals surface area contributed by atoms with Crippen LogP contribution in [0.2, 0.25) is 5.02 Å². The highest BCUT2D eigenvalue weighted by molar-refractivity contribution is 7.81. The minimum atomic E-state index is -0.173. The highest BCUT2D eigenvalue weighted by atomic mass is 35.5. The maximum atomic E-state index is 5.79. The third-order valence-electron chi connectivity index (χ3n) is 2.11. The van der Waals surface area contributed by atoms with Crippen LogP contribution in [0.5, 0.6) is 0 Å². The number of halogens is 1. The van der Waals surface area contributed by atoms with E-state index in [0.29, 0.717) is 10.9 Å². The largest absolute Gasteiger partial charge is 0.467 e. The maximum absolute atomic E-state index is 5.79. The third-order valence-corrected chi connectivity index (χ3v) is 2.78. The van der Waals surface area contributed by atoms with Crippen LogP contribution < -0.4 is 0 Å². The SMILES string of the molecule is C=C[C@@H]1OC(c2ccc(Cl)cc2)=N[C@H]1S. The molecule has 1 heterocycles. The number of hydrogen-bond acceptors (Lipinski definition) is 3. The second-order valence-corrected chi connectivity index (χ2v) is 4.14. The molecule has 1 aromatic carbocycles. The fraction of sp³-hybridized carbons (Fsp3) is 0.182. The lowest BCUT2D eigenvalue weighted by molar-refractivity contribution is 0.268. The summed E-state index contributed by atoms with van der Waals surface area (Å²) in [5.74, 6) is 0.594. The summed E-state index contributed by atoms with van der Waals surface area (Å²) >= 11 is 10.1. The van der Waals surface area contributed by atoms with E-state index >= 15 is 0 Å². The van der Waals surface area contributed by atoms with Gasteiger partial charge in [-0.2, -0.15) is 0 Å². The number of benzene rings is 1. The molecule has 0 fully saturated rings. The fourth-order valence-corrected chi connectivity index (χ4v) is 1.73. The Morgan fingerprint density at radius 2 is 2.07 bits per heavy atom. The fourth-order valence-electron chi connectivity index (χ4n) is 1.32. The van der Waals surface area contributed by atoms with Crippen molar-refractivity contribution < 1.29 is 4.74 Å². The van der Waals surface area contributed by atoms with E-state index in [1.807, 2.05) is 12.1 Å². The molecule has 0 N–H and O–H groups in total. The molecule has 1 aromatic rings. The van der Waals surface area contributed by atoms with Gasteiger partial charge in [-0.3, -0.25) is 0 Å². The standard InChI is InChI=1S/C11H10ClNOS/c1-2-9-11(15)13-10(14-9)7-3-5-8(12)6-4-7/h2-6,9,11,15H,1H2/t9-,11-/m0/s1. The van der Waals surface area contributed by atoms with Crippen LogP contribution in [0.4, 0.5) is 0 Å². The van der Waals surface area contributed by atoms with E-state index in [0.717, 1.165) is 5.56 Å². The highest BCUT2D eigenvalue weighted by Gasteiger charge is 2.25. The van der Waals surface area contributed by atoms with Crippen LogP contribution in [0.1, 0.15) is 5.56 Å². The Balaban J connectivity index is 2.23. The average molecular weight is 240 g/mol. The van der Waals surface area contributed by atoms with Crippen LogP contribution >= 0.6 is 24.2 Å². The molecule has 78 valence electrons. The molecule has 4 heteroatoms. The Morgan fingerprint density at radius 1 is 1.40 bits per heavy atom. The molecule has 0 bridgehead atoms. The van der Waals surface area contributed by atoms with Gasteiger partial charge in [0.2, 0.25) is 5.90 Å². The van der Waals surface area contributed by atoms with Gasteiger partial charge in [-0.15, -0.1) is 12.6 Å². The molecule has 15 heavy (non-hydrogen) atoms. The summed E-state index contributed by atoms with van der Waals surface area (Å²) in [5.41, 5.74) is 0.905. The molecular formula is C11H10ClNOS. The molecule has 1 aliphatic heterocycles. The Kier molecular flexibility index (Phi) is 3.03. The second kappa shape index (κ2) is 4.29. The molecule has 0 saturated carbocycles. The maximum Gasteiger partial charge on any atom is 0.218 e. The predicted molar refractivity (Wildman–Crippen MR) is 65.8 cm³/mol. The lowest BCUT2D eigenvalue weighted by atomic mass is 10.2. The zero-order valence-corrected chi connectivity index (χ0v) is 9.58. The molecule has 2 nitrogen and oxygen atoms in total. The quantitative estimate of drug-likeness (QED) is 0.622. The summed E-state index contributed by atoms with van der Waals surface area (Å²) in [6.45, 7) is 3.67. The lowest BCUT2D eigenvalue weighted by Gasteiger charge is -2.08. The van der Waals surface area contributed by atoms with Gasteiger partial charge >= 0.3 is 0 Å². The number of nitrogens with zero attached hydrogens (tertiary/aromatic N) is 1. The summed E-state index contributed by atoms with van der Waals surface area (Å²) in [5, 5.41) is 0.521. The minimum absolute atomic E-state index is 0.154. The minimum Gasteiger partial charge on any atom is -0.467 e. The van der Waals surface area contributed by atoms with E-state index in [9.17, 15) is 0 Å². The molecule has 0 spiro atoms. The molecule has 0 radical (unpaired) electrons. The summed E-state index contributed by atoms with van der Waals surface area (Å²) < 4.78 is 5.56. The van der Waals surface area contributed by atoms with Gasteiger partial charge in [-0.25, -0.2) is 4.99 Å². The summed E-state index contributed by atoms with van der Waals surface area (Å²) in [7, 11) is 0. The van der Waals surface area contributed by atoms with Gasteiger partial charge in [-0.1, -0.05) is 18.2 Å². The van der Waals surface area contributed by atoms with Gasteiger partial charge in [0.25, 0.3) is 0 Å². The van der Waals surface area contributed by atoms with Crippen molar-refractivity contribution in [2.45, 2.75) is 11.5 Å². The van der Waals surface area contributed by atoms with Gasteiger partial charge in [0.15, 0.2) is 0 Å². The van der Waals surface area contributed by atoms with Gasteiger partial charge in [0.1, 0.15) is 11.5 Å². The van der Waals surface area contributed by atoms with E-state index < -0.39 is 0 Å². The number of thiol groups is 1. The van der Waals surface area contributed by atoms with Gasteiger partial charge in [0.05, 0.1) is 0 Å². The zero-order valence-electron chi connectivity index (χ0n) is 7.93. The molecule has 1 aliphatic rings. The molecule has 0 aliphatic carbocycles. The van der Waals surface area contributed by atoms with Crippen molar-refractivity contribution in [1.29, 1.82) is 0 Å². The zero-order chi connectivity index (χ0) is 10.8. The summed E-state index contributed by atoms with van der Waals surface area (Å²) in [4.78, 5) is 4.28. The summed E-state index contributed by atoms with van der Waals surface area (Å²) in [6, 6.07) is 7.34. The van der Waals surface area contributed by atoms with Crippen molar-refractivity contribution in [2.24, 2.45) is 4.99 Å². The molecular weight excluding hydrogens is 230 g/mol. The van der Waals surface area contributed by atoms with Crippen molar-refractivity contribution in [1.82, 2.24) is 0 Å². The van der Waals surface area contributed by atoms with E-state index in [1.54, 1.807) is 18.2 Å². The number of aliphatic imine (C=N–C) groups is 1. The Hall–Kier alpha value is -0.930. The second-order valence-electron chi connectivity index (χ2n) is 3.17. The van der Waals surface area contributed by atoms with E-state index in [1.165, 1.54) is 0 Å². The number of hydrogen-bond donors (Lipinski definition) is 1. The molecule has 0 amide bonds. The number of rotatable bonds is 2. The van der Waals surface area contributed by atoms with Gasteiger partial charge in [0, 0.05) is 10.6 Å². The van der Waals surface area contributed by atoms with Crippen LogP contribution in [-0.4, -0.2) is 17.4 Å².